The van der Waals surface area contributed by atoms with Gasteiger partial charge >= 0.3 is 36.6 Å². The van der Waals surface area contributed by atoms with Gasteiger partial charge in [-0.25, -0.2) is 0 Å². The Kier molecular flexibility index (Phi) is 12.7. The number of hydrogen-bond donors (Lipinski definition) is 2. The highest BCUT2D eigenvalue weighted by molar-refractivity contribution is 7.99. The van der Waals surface area contributed by atoms with Crippen LogP contribution in [0.4, 0.5) is 52.7 Å². The standard InChI is InChI=1S/C34H28F12N2O6S/c35-31(36,37)25-17(3-7-23(49)47-13-9-19(10-14-47)29(51)52)1-5-21(27(25)33(41,42)43)55-22-6-2-18(26(32(38,39)40)28(22)34(44,45)46)4-8-24(50)48-15-11-20(12-16-48)30(53)54/h1-8,19-20H,9-16H2,(H,51,52)(H,53,54)/b7-3+,8-4+. The van der Waals surface area contributed by atoms with Crippen LogP contribution in [0.2, 0.25) is 0 Å². The maximum Gasteiger partial charge on any atom is 0.418 e. The lowest BCUT2D eigenvalue weighted by Gasteiger charge is -2.29. The molecule has 2 heterocycles. The minimum absolute atomic E-state index is 0.00660. The average molecular weight is 821 g/mol. The molecule has 2 aromatic rings. The van der Waals surface area contributed by atoms with Crippen LogP contribution in [0, 0.1) is 11.8 Å². The first-order chi connectivity index (χ1) is 25.3. The van der Waals surface area contributed by atoms with Crippen LogP contribution >= 0.6 is 11.8 Å². The second-order valence-electron chi connectivity index (χ2n) is 12.4. The molecule has 0 atom stereocenters. The van der Waals surface area contributed by atoms with Crippen molar-refractivity contribution in [2.75, 3.05) is 26.2 Å². The zero-order valence-electron chi connectivity index (χ0n) is 27.8. The van der Waals surface area contributed by atoms with E-state index in [-0.39, 0.29) is 51.9 Å². The molecule has 0 radical (unpaired) electrons. The van der Waals surface area contributed by atoms with Gasteiger partial charge in [-0.1, -0.05) is 23.9 Å². The van der Waals surface area contributed by atoms with Gasteiger partial charge in [0.2, 0.25) is 11.8 Å². The molecule has 0 aromatic heterocycles. The number of carboxylic acid groups (broad SMARTS) is 2. The first-order valence-electron chi connectivity index (χ1n) is 16.0. The van der Waals surface area contributed by atoms with Crippen LogP contribution in [-0.2, 0) is 43.9 Å². The molecular weight excluding hydrogens is 792 g/mol. The maximum absolute atomic E-state index is 14.4. The molecule has 0 saturated carbocycles. The number of benzene rings is 2. The van der Waals surface area contributed by atoms with Crippen molar-refractivity contribution in [3.05, 3.63) is 69.8 Å². The Labute approximate surface area is 307 Å². The molecule has 2 N–H and O–H groups in total. The molecule has 2 saturated heterocycles. The van der Waals surface area contributed by atoms with Crippen LogP contribution in [0.15, 0.2) is 46.2 Å². The van der Waals surface area contributed by atoms with Crippen molar-refractivity contribution in [1.82, 2.24) is 9.80 Å². The minimum atomic E-state index is -5.95. The Hall–Kier alpha value is -4.69. The van der Waals surface area contributed by atoms with Crippen molar-refractivity contribution in [1.29, 1.82) is 0 Å². The minimum Gasteiger partial charge on any atom is -0.481 e. The number of alkyl halides is 12. The zero-order chi connectivity index (χ0) is 41.3. The summed E-state index contributed by atoms with van der Waals surface area (Å²) in [7, 11) is 0. The number of amides is 2. The van der Waals surface area contributed by atoms with Crippen LogP contribution in [0.1, 0.15) is 59.1 Å². The third-order valence-corrected chi connectivity index (χ3v) is 10.00. The number of aliphatic carboxylic acids is 2. The van der Waals surface area contributed by atoms with Crippen molar-refractivity contribution >= 4 is 47.7 Å². The van der Waals surface area contributed by atoms with Crippen LogP contribution in [0.5, 0.6) is 0 Å². The van der Waals surface area contributed by atoms with Crippen molar-refractivity contribution in [3.8, 4) is 0 Å². The molecule has 2 aromatic carbocycles. The first kappa shape index (κ1) is 43.0. The van der Waals surface area contributed by atoms with Gasteiger partial charge in [0.25, 0.3) is 0 Å². The molecule has 0 bridgehead atoms. The third-order valence-electron chi connectivity index (χ3n) is 8.88. The lowest BCUT2D eigenvalue weighted by atomic mass is 9.97. The van der Waals surface area contributed by atoms with Gasteiger partial charge in [-0.3, -0.25) is 19.2 Å². The number of piperidine rings is 2. The fourth-order valence-electron chi connectivity index (χ4n) is 6.17. The highest BCUT2D eigenvalue weighted by atomic mass is 32.2. The number of carbonyl (C=O) groups excluding carboxylic acids is 2. The van der Waals surface area contributed by atoms with Gasteiger partial charge in [0.05, 0.1) is 34.1 Å². The second kappa shape index (κ2) is 16.2. The molecule has 8 nitrogen and oxygen atoms in total. The van der Waals surface area contributed by atoms with E-state index in [1.807, 2.05) is 0 Å². The number of rotatable bonds is 8. The molecule has 2 aliphatic heterocycles. The van der Waals surface area contributed by atoms with Gasteiger partial charge in [0.15, 0.2) is 0 Å². The quantitative estimate of drug-likeness (QED) is 0.203. The Balaban J connectivity index is 1.77. The summed E-state index contributed by atoms with van der Waals surface area (Å²) < 4.78 is 173. The molecule has 0 aliphatic carbocycles. The molecule has 0 spiro atoms. The van der Waals surface area contributed by atoms with E-state index in [9.17, 15) is 71.9 Å². The molecule has 2 fully saturated rings. The van der Waals surface area contributed by atoms with E-state index in [0.29, 0.717) is 48.6 Å². The van der Waals surface area contributed by atoms with Gasteiger partial charge in [0, 0.05) is 48.1 Å². The number of carboxylic acids is 2. The number of likely N-dealkylation sites (tertiary alicyclic amines) is 2. The SMILES string of the molecule is O=C(O)C1CCN(C(=O)/C=C/c2ccc(Sc3ccc(/C=C/C(=O)N4CCC(C(=O)O)CC4)c(C(F)(F)F)c3C(F)(F)F)c(C(F)(F)F)c2C(F)(F)F)CC1. The average Bonchev–Trinajstić information content (AvgIpc) is 3.08. The maximum atomic E-state index is 14.4. The number of nitrogens with zero attached hydrogens (tertiary/aromatic N) is 2. The largest absolute Gasteiger partial charge is 0.481 e. The topological polar surface area (TPSA) is 115 Å². The predicted octanol–water partition coefficient (Wildman–Crippen LogP) is 8.59. The van der Waals surface area contributed by atoms with Crippen molar-refractivity contribution in [2.45, 2.75) is 60.2 Å². The number of carbonyl (C=O) groups is 4. The van der Waals surface area contributed by atoms with E-state index >= 15 is 0 Å². The van der Waals surface area contributed by atoms with E-state index in [4.69, 9.17) is 10.2 Å². The molecule has 2 amide bonds. The summed E-state index contributed by atoms with van der Waals surface area (Å²) in [5, 5.41) is 18.2. The van der Waals surface area contributed by atoms with E-state index in [2.05, 4.69) is 0 Å². The van der Waals surface area contributed by atoms with Crippen LogP contribution < -0.4 is 0 Å². The summed E-state index contributed by atoms with van der Waals surface area (Å²) in [5.74, 6) is -5.83. The van der Waals surface area contributed by atoms with E-state index in [1.54, 1.807) is 0 Å². The van der Waals surface area contributed by atoms with Gasteiger partial charge in [-0.2, -0.15) is 52.7 Å². The normalized spacial score (nSPS) is 17.0. The molecule has 0 unspecified atom stereocenters. The van der Waals surface area contributed by atoms with Crippen LogP contribution in [0.25, 0.3) is 12.2 Å². The predicted molar refractivity (Wildman–Crippen MR) is 169 cm³/mol. The Morgan fingerprint density at radius 2 is 0.818 bits per heavy atom. The zero-order valence-corrected chi connectivity index (χ0v) is 28.6. The number of halogens is 12. The number of hydrogen-bond acceptors (Lipinski definition) is 5. The molecular formula is C34H28F12N2O6S. The lowest BCUT2D eigenvalue weighted by Crippen LogP contribution is -2.39. The molecule has 300 valence electrons. The van der Waals surface area contributed by atoms with Gasteiger partial charge in [-0.15, -0.1) is 0 Å². The Morgan fingerprint density at radius 1 is 0.527 bits per heavy atom. The highest BCUT2D eigenvalue weighted by Gasteiger charge is 2.49. The molecule has 55 heavy (non-hydrogen) atoms. The van der Waals surface area contributed by atoms with Crippen LogP contribution in [-0.4, -0.2) is 69.9 Å². The van der Waals surface area contributed by atoms with Crippen molar-refractivity contribution in [3.63, 3.8) is 0 Å². The van der Waals surface area contributed by atoms with E-state index in [0.717, 1.165) is 9.80 Å². The van der Waals surface area contributed by atoms with E-state index in [1.165, 1.54) is 0 Å². The third kappa shape index (κ3) is 10.3. The monoisotopic (exact) mass is 820 g/mol. The molecule has 21 heteroatoms. The van der Waals surface area contributed by atoms with Gasteiger partial charge in [-0.05, 0) is 61.1 Å². The summed E-state index contributed by atoms with van der Waals surface area (Å²) in [5.41, 5.74) is -12.4. The Morgan fingerprint density at radius 3 is 1.07 bits per heavy atom. The van der Waals surface area contributed by atoms with Crippen molar-refractivity contribution < 1.29 is 82.1 Å². The first-order valence-corrected chi connectivity index (χ1v) is 16.8. The lowest BCUT2D eigenvalue weighted by molar-refractivity contribution is -0.164. The van der Waals surface area contributed by atoms with Gasteiger partial charge in [0.1, 0.15) is 0 Å². The van der Waals surface area contributed by atoms with Gasteiger partial charge < -0.3 is 20.0 Å². The van der Waals surface area contributed by atoms with E-state index < -0.39 is 115 Å². The smallest absolute Gasteiger partial charge is 0.418 e. The summed E-state index contributed by atoms with van der Waals surface area (Å²) in [4.78, 5) is 46.5. The van der Waals surface area contributed by atoms with Crippen LogP contribution in [0.3, 0.4) is 0 Å². The summed E-state index contributed by atoms with van der Waals surface area (Å²) in [6, 6.07) is 1.44. The molecule has 2 aliphatic rings. The second-order valence-corrected chi connectivity index (χ2v) is 13.5. The molecule has 4 rings (SSSR count). The fraction of sp³-hybridized carbons (Fsp3) is 0.412. The summed E-state index contributed by atoms with van der Waals surface area (Å²) in [6.07, 6.45) is -21.9. The summed E-state index contributed by atoms with van der Waals surface area (Å²) in [6.45, 7) is -0.518. The Bertz CT molecular complexity index is 1740. The fourth-order valence-corrected chi connectivity index (χ4v) is 7.31. The highest BCUT2D eigenvalue weighted by Crippen LogP contribution is 2.52. The summed E-state index contributed by atoms with van der Waals surface area (Å²) >= 11 is -0.663. The van der Waals surface area contributed by atoms with Crippen molar-refractivity contribution in [2.24, 2.45) is 11.8 Å².